The fourth-order valence-corrected chi connectivity index (χ4v) is 3.21. The van der Waals surface area contributed by atoms with E-state index in [0.29, 0.717) is 29.9 Å². The van der Waals surface area contributed by atoms with Gasteiger partial charge in [0.15, 0.2) is 0 Å². The van der Waals surface area contributed by atoms with Gasteiger partial charge in [-0.05, 0) is 37.6 Å². The third-order valence-corrected chi connectivity index (χ3v) is 4.85. The fraction of sp³-hybridized carbons (Fsp3) is 0.632. The maximum atomic E-state index is 12.3. The minimum Gasteiger partial charge on any atom is -0.495 e. The lowest BCUT2D eigenvalue weighted by Crippen LogP contribution is -2.54. The normalized spacial score (nSPS) is 17.4. The first kappa shape index (κ1) is 19.5. The molecular formula is C19H32N4O2. The Bertz CT molecular complexity index is 569. The van der Waals surface area contributed by atoms with E-state index in [1.54, 1.807) is 7.11 Å². The summed E-state index contributed by atoms with van der Waals surface area (Å²) in [5, 5.41) is 5.92. The fourth-order valence-electron chi connectivity index (χ4n) is 3.21. The number of carbonyl (C=O) groups is 1. The molecule has 1 atom stereocenters. The van der Waals surface area contributed by atoms with Crippen LogP contribution in [0.3, 0.4) is 0 Å². The number of benzene rings is 1. The zero-order valence-electron chi connectivity index (χ0n) is 16.1. The van der Waals surface area contributed by atoms with E-state index in [2.05, 4.69) is 41.3 Å². The largest absolute Gasteiger partial charge is 0.495 e. The van der Waals surface area contributed by atoms with Gasteiger partial charge in [-0.1, -0.05) is 19.9 Å². The molecule has 1 aromatic rings. The number of rotatable bonds is 6. The van der Waals surface area contributed by atoms with Gasteiger partial charge in [-0.25, -0.2) is 4.79 Å². The van der Waals surface area contributed by atoms with Crippen LogP contribution in [0.15, 0.2) is 18.2 Å². The molecule has 140 valence electrons. The van der Waals surface area contributed by atoms with Gasteiger partial charge in [0, 0.05) is 38.8 Å². The van der Waals surface area contributed by atoms with E-state index in [4.69, 9.17) is 4.74 Å². The Morgan fingerprint density at radius 1 is 1.24 bits per heavy atom. The maximum absolute atomic E-state index is 12.3. The zero-order valence-corrected chi connectivity index (χ0v) is 16.1. The number of methoxy groups -OCH3 is 1. The maximum Gasteiger partial charge on any atom is 0.319 e. The Hall–Kier alpha value is -1.79. The second-order valence-corrected chi connectivity index (χ2v) is 7.19. The second-order valence-electron chi connectivity index (χ2n) is 7.19. The number of aryl methyl sites for hydroxylation is 1. The Balaban J connectivity index is 1.91. The van der Waals surface area contributed by atoms with Crippen LogP contribution >= 0.6 is 0 Å². The number of urea groups is 1. The molecular weight excluding hydrogens is 316 g/mol. The van der Waals surface area contributed by atoms with E-state index in [1.807, 2.05) is 25.1 Å². The lowest BCUT2D eigenvalue weighted by molar-refractivity contribution is 0.0890. The first-order valence-electron chi connectivity index (χ1n) is 9.02. The average Bonchev–Trinajstić information content (AvgIpc) is 2.58. The van der Waals surface area contributed by atoms with Gasteiger partial charge in [0.2, 0.25) is 0 Å². The average molecular weight is 348 g/mol. The summed E-state index contributed by atoms with van der Waals surface area (Å²) >= 11 is 0. The summed E-state index contributed by atoms with van der Waals surface area (Å²) in [5.74, 6) is 1.16. The van der Waals surface area contributed by atoms with Crippen molar-refractivity contribution in [1.82, 2.24) is 15.1 Å². The van der Waals surface area contributed by atoms with E-state index in [-0.39, 0.29) is 6.03 Å². The molecule has 0 saturated carbocycles. The van der Waals surface area contributed by atoms with Crippen molar-refractivity contribution in [3.8, 4) is 5.75 Å². The first-order chi connectivity index (χ1) is 11.9. The van der Waals surface area contributed by atoms with Crippen molar-refractivity contribution in [2.75, 3.05) is 52.2 Å². The highest BCUT2D eigenvalue weighted by atomic mass is 16.5. The van der Waals surface area contributed by atoms with Crippen LogP contribution in [0.2, 0.25) is 0 Å². The molecule has 0 radical (unpaired) electrons. The van der Waals surface area contributed by atoms with Gasteiger partial charge >= 0.3 is 6.03 Å². The summed E-state index contributed by atoms with van der Waals surface area (Å²) in [6.45, 7) is 11.3. The quantitative estimate of drug-likeness (QED) is 0.829. The number of carbonyl (C=O) groups excluding carboxylic acids is 1. The molecule has 2 N–H and O–H groups in total. The number of amides is 2. The van der Waals surface area contributed by atoms with Crippen molar-refractivity contribution in [3.05, 3.63) is 23.8 Å². The minimum atomic E-state index is -0.193. The van der Waals surface area contributed by atoms with Crippen molar-refractivity contribution in [3.63, 3.8) is 0 Å². The summed E-state index contributed by atoms with van der Waals surface area (Å²) in [6.07, 6.45) is 0. The number of hydrogen-bond acceptors (Lipinski definition) is 4. The van der Waals surface area contributed by atoms with Crippen LogP contribution in [-0.2, 0) is 0 Å². The highest BCUT2D eigenvalue weighted by Gasteiger charge is 2.25. The number of piperazine rings is 1. The van der Waals surface area contributed by atoms with Crippen LogP contribution in [0.1, 0.15) is 19.4 Å². The van der Waals surface area contributed by atoms with Crippen molar-refractivity contribution >= 4 is 11.7 Å². The summed E-state index contributed by atoms with van der Waals surface area (Å²) in [7, 11) is 3.77. The Morgan fingerprint density at radius 2 is 1.92 bits per heavy atom. The molecule has 6 nitrogen and oxygen atoms in total. The highest BCUT2D eigenvalue weighted by molar-refractivity contribution is 5.91. The third-order valence-electron chi connectivity index (χ3n) is 4.85. The van der Waals surface area contributed by atoms with Crippen LogP contribution < -0.4 is 15.4 Å². The summed E-state index contributed by atoms with van der Waals surface area (Å²) in [5.41, 5.74) is 1.78. The standard InChI is InChI=1S/C19H32N4O2/c1-14(2)17(23-10-8-22(4)9-11-23)13-20-19(24)21-16-7-6-15(3)12-18(16)25-5/h6-7,12,14,17H,8-11,13H2,1-5H3,(H2,20,21,24). The van der Waals surface area contributed by atoms with Crippen molar-refractivity contribution in [2.24, 2.45) is 5.92 Å². The van der Waals surface area contributed by atoms with E-state index >= 15 is 0 Å². The smallest absolute Gasteiger partial charge is 0.319 e. The molecule has 0 bridgehead atoms. The molecule has 0 aromatic heterocycles. The molecule has 1 heterocycles. The van der Waals surface area contributed by atoms with Crippen LogP contribution in [0.4, 0.5) is 10.5 Å². The molecule has 2 amide bonds. The first-order valence-corrected chi connectivity index (χ1v) is 9.02. The molecule has 1 aliphatic heterocycles. The zero-order chi connectivity index (χ0) is 18.4. The van der Waals surface area contributed by atoms with Crippen LogP contribution in [-0.4, -0.2) is 68.8 Å². The molecule has 1 unspecified atom stereocenters. The second kappa shape index (κ2) is 9.06. The van der Waals surface area contributed by atoms with Crippen LogP contribution in [0, 0.1) is 12.8 Å². The Morgan fingerprint density at radius 3 is 2.52 bits per heavy atom. The summed E-state index contributed by atoms with van der Waals surface area (Å²) in [6, 6.07) is 5.89. The van der Waals surface area contributed by atoms with Gasteiger partial charge in [0.25, 0.3) is 0 Å². The SMILES string of the molecule is COc1cc(C)ccc1NC(=O)NCC(C(C)C)N1CCN(C)CC1. The molecule has 6 heteroatoms. The highest BCUT2D eigenvalue weighted by Crippen LogP contribution is 2.25. The third kappa shape index (κ3) is 5.61. The van der Waals surface area contributed by atoms with E-state index in [1.165, 1.54) is 0 Å². The number of nitrogens with zero attached hydrogens (tertiary/aromatic N) is 2. The van der Waals surface area contributed by atoms with Crippen LogP contribution in [0.5, 0.6) is 5.75 Å². The number of likely N-dealkylation sites (N-methyl/N-ethyl adjacent to an activating group) is 1. The number of anilines is 1. The van der Waals surface area contributed by atoms with Gasteiger partial charge in [-0.2, -0.15) is 0 Å². The molecule has 0 aliphatic carbocycles. The number of nitrogens with one attached hydrogen (secondary N) is 2. The van der Waals surface area contributed by atoms with Gasteiger partial charge in [0.05, 0.1) is 12.8 Å². The monoisotopic (exact) mass is 348 g/mol. The molecule has 1 aromatic carbocycles. The van der Waals surface area contributed by atoms with Gasteiger partial charge in [-0.3, -0.25) is 4.90 Å². The molecule has 1 saturated heterocycles. The van der Waals surface area contributed by atoms with Crippen molar-refractivity contribution in [2.45, 2.75) is 26.8 Å². The van der Waals surface area contributed by atoms with E-state index in [0.717, 1.165) is 31.7 Å². The molecule has 1 aliphatic rings. The van der Waals surface area contributed by atoms with E-state index in [9.17, 15) is 4.79 Å². The minimum absolute atomic E-state index is 0.193. The van der Waals surface area contributed by atoms with E-state index < -0.39 is 0 Å². The predicted octanol–water partition coefficient (Wildman–Crippen LogP) is 2.40. The Labute approximate surface area is 151 Å². The summed E-state index contributed by atoms with van der Waals surface area (Å²) in [4.78, 5) is 17.2. The molecule has 0 spiro atoms. The molecule has 25 heavy (non-hydrogen) atoms. The number of ether oxygens (including phenoxy) is 1. The molecule has 2 rings (SSSR count). The molecule has 1 fully saturated rings. The van der Waals surface area contributed by atoms with Gasteiger partial charge in [-0.15, -0.1) is 0 Å². The number of hydrogen-bond donors (Lipinski definition) is 2. The lowest BCUT2D eigenvalue weighted by Gasteiger charge is -2.39. The predicted molar refractivity (Wildman–Crippen MR) is 102 cm³/mol. The van der Waals surface area contributed by atoms with Gasteiger partial charge in [0.1, 0.15) is 5.75 Å². The lowest BCUT2D eigenvalue weighted by atomic mass is 10.0. The topological polar surface area (TPSA) is 56.8 Å². The Kier molecular flexibility index (Phi) is 7.08. The van der Waals surface area contributed by atoms with Crippen LogP contribution in [0.25, 0.3) is 0 Å². The van der Waals surface area contributed by atoms with Crippen molar-refractivity contribution in [1.29, 1.82) is 0 Å². The summed E-state index contributed by atoms with van der Waals surface area (Å²) < 4.78 is 5.34. The van der Waals surface area contributed by atoms with Gasteiger partial charge < -0.3 is 20.3 Å². The van der Waals surface area contributed by atoms with Crippen molar-refractivity contribution < 1.29 is 9.53 Å².